The minimum absolute atomic E-state index is 0.248. The van der Waals surface area contributed by atoms with Gasteiger partial charge in [0.2, 0.25) is 11.7 Å². The van der Waals surface area contributed by atoms with Crippen molar-refractivity contribution in [2.24, 2.45) is 5.73 Å². The molecule has 6 heteroatoms. The number of hydrogen-bond donors (Lipinski definition) is 1. The summed E-state index contributed by atoms with van der Waals surface area (Å²) in [5, 5.41) is 4.68. The van der Waals surface area contributed by atoms with Crippen molar-refractivity contribution >= 4 is 23.4 Å². The Labute approximate surface area is 120 Å². The van der Waals surface area contributed by atoms with Crippen LogP contribution in [0.2, 0.25) is 5.02 Å². The van der Waals surface area contributed by atoms with Crippen molar-refractivity contribution in [3.63, 3.8) is 0 Å². The SMILES string of the molecule is NCc1nc(-c2ccc(C3CCSC3)c(Cl)c2)no1. The van der Waals surface area contributed by atoms with Gasteiger partial charge in [-0.3, -0.25) is 0 Å². The Morgan fingerprint density at radius 1 is 1.47 bits per heavy atom. The van der Waals surface area contributed by atoms with Crippen molar-refractivity contribution in [1.82, 2.24) is 10.1 Å². The number of aromatic nitrogens is 2. The maximum atomic E-state index is 6.38. The van der Waals surface area contributed by atoms with E-state index >= 15 is 0 Å². The summed E-state index contributed by atoms with van der Waals surface area (Å²) in [4.78, 5) is 4.20. The zero-order valence-electron chi connectivity index (χ0n) is 10.3. The first-order valence-corrected chi connectivity index (χ1v) is 7.71. The van der Waals surface area contributed by atoms with Gasteiger partial charge < -0.3 is 10.3 Å². The fourth-order valence-corrected chi connectivity index (χ4v) is 3.82. The molecule has 0 spiro atoms. The van der Waals surface area contributed by atoms with E-state index in [1.54, 1.807) is 0 Å². The van der Waals surface area contributed by atoms with Crippen LogP contribution in [0.1, 0.15) is 23.8 Å². The molecular weight excluding hydrogens is 282 g/mol. The molecule has 0 saturated carbocycles. The quantitative estimate of drug-likeness (QED) is 0.942. The lowest BCUT2D eigenvalue weighted by atomic mass is 9.97. The largest absolute Gasteiger partial charge is 0.338 e. The molecule has 19 heavy (non-hydrogen) atoms. The molecule has 1 fully saturated rings. The van der Waals surface area contributed by atoms with Gasteiger partial charge in [-0.2, -0.15) is 16.7 Å². The fraction of sp³-hybridized carbons (Fsp3) is 0.385. The highest BCUT2D eigenvalue weighted by Crippen LogP contribution is 2.37. The second-order valence-corrected chi connectivity index (χ2v) is 6.07. The van der Waals surface area contributed by atoms with Crippen LogP contribution in [-0.4, -0.2) is 21.6 Å². The average Bonchev–Trinajstić information content (AvgIpc) is 3.10. The smallest absolute Gasteiger partial charge is 0.240 e. The first kappa shape index (κ1) is 13.0. The summed E-state index contributed by atoms with van der Waals surface area (Å²) >= 11 is 8.36. The highest BCUT2D eigenvalue weighted by Gasteiger charge is 2.20. The number of thioether (sulfide) groups is 1. The van der Waals surface area contributed by atoms with Gasteiger partial charge >= 0.3 is 0 Å². The molecule has 1 unspecified atom stereocenters. The lowest BCUT2D eigenvalue weighted by molar-refractivity contribution is 0.380. The summed E-state index contributed by atoms with van der Waals surface area (Å²) in [6.45, 7) is 0.248. The van der Waals surface area contributed by atoms with Crippen molar-refractivity contribution in [2.45, 2.75) is 18.9 Å². The minimum atomic E-state index is 0.248. The van der Waals surface area contributed by atoms with E-state index in [9.17, 15) is 0 Å². The van der Waals surface area contributed by atoms with E-state index in [0.717, 1.165) is 16.3 Å². The van der Waals surface area contributed by atoms with Crippen LogP contribution in [-0.2, 0) is 6.54 Å². The van der Waals surface area contributed by atoms with Gasteiger partial charge in [-0.15, -0.1) is 0 Å². The Hall–Kier alpha value is -1.04. The van der Waals surface area contributed by atoms with Gasteiger partial charge in [0.1, 0.15) is 0 Å². The Balaban J connectivity index is 1.90. The summed E-state index contributed by atoms with van der Waals surface area (Å²) in [5.74, 6) is 3.90. The van der Waals surface area contributed by atoms with Crippen LogP contribution in [0.25, 0.3) is 11.4 Å². The Kier molecular flexibility index (Phi) is 3.77. The molecule has 4 nitrogen and oxygen atoms in total. The third kappa shape index (κ3) is 2.63. The van der Waals surface area contributed by atoms with Crippen LogP contribution < -0.4 is 5.73 Å². The zero-order valence-corrected chi connectivity index (χ0v) is 11.9. The maximum Gasteiger partial charge on any atom is 0.240 e. The number of hydrogen-bond acceptors (Lipinski definition) is 5. The van der Waals surface area contributed by atoms with Crippen LogP contribution in [0.4, 0.5) is 0 Å². The molecule has 1 saturated heterocycles. The Morgan fingerprint density at radius 3 is 3.00 bits per heavy atom. The monoisotopic (exact) mass is 295 g/mol. The second-order valence-electron chi connectivity index (χ2n) is 4.51. The molecule has 100 valence electrons. The summed E-state index contributed by atoms with van der Waals surface area (Å²) in [6, 6.07) is 5.98. The van der Waals surface area contributed by atoms with E-state index in [1.165, 1.54) is 17.7 Å². The lowest BCUT2D eigenvalue weighted by Gasteiger charge is -2.11. The molecule has 0 radical (unpaired) electrons. The predicted molar refractivity (Wildman–Crippen MR) is 77.3 cm³/mol. The molecule has 3 rings (SSSR count). The molecular formula is C13H14ClN3OS. The van der Waals surface area contributed by atoms with Gasteiger partial charge in [0.25, 0.3) is 0 Å². The van der Waals surface area contributed by atoms with E-state index in [4.69, 9.17) is 21.9 Å². The number of nitrogens with two attached hydrogens (primary N) is 1. The third-order valence-electron chi connectivity index (χ3n) is 3.27. The molecule has 2 heterocycles. The summed E-state index contributed by atoms with van der Waals surface area (Å²) in [5.41, 5.74) is 7.54. The molecule has 1 aromatic carbocycles. The Morgan fingerprint density at radius 2 is 2.37 bits per heavy atom. The van der Waals surface area contributed by atoms with Crippen molar-refractivity contribution in [2.75, 3.05) is 11.5 Å². The van der Waals surface area contributed by atoms with Crippen molar-refractivity contribution in [3.05, 3.63) is 34.7 Å². The minimum Gasteiger partial charge on any atom is -0.338 e. The first-order valence-electron chi connectivity index (χ1n) is 6.18. The van der Waals surface area contributed by atoms with Gasteiger partial charge in [0, 0.05) is 16.3 Å². The van der Waals surface area contributed by atoms with E-state index in [2.05, 4.69) is 16.2 Å². The summed E-state index contributed by atoms with van der Waals surface area (Å²) in [6.07, 6.45) is 1.20. The fourth-order valence-electron chi connectivity index (χ4n) is 2.23. The molecule has 0 bridgehead atoms. The van der Waals surface area contributed by atoms with Gasteiger partial charge in [0.05, 0.1) is 6.54 Å². The summed E-state index contributed by atoms with van der Waals surface area (Å²) in [7, 11) is 0. The molecule has 0 amide bonds. The molecule has 1 aliphatic rings. The van der Waals surface area contributed by atoms with E-state index in [1.807, 2.05) is 23.9 Å². The van der Waals surface area contributed by atoms with Gasteiger partial charge in [0.15, 0.2) is 0 Å². The molecule has 0 aliphatic carbocycles. The predicted octanol–water partition coefficient (Wildman–Crippen LogP) is 3.07. The highest BCUT2D eigenvalue weighted by molar-refractivity contribution is 7.99. The Bertz CT molecular complexity index is 581. The number of benzene rings is 1. The average molecular weight is 296 g/mol. The number of rotatable bonds is 3. The third-order valence-corrected chi connectivity index (χ3v) is 4.76. The van der Waals surface area contributed by atoms with Gasteiger partial charge in [-0.25, -0.2) is 0 Å². The topological polar surface area (TPSA) is 64.9 Å². The first-order chi connectivity index (χ1) is 9.28. The number of halogens is 1. The summed E-state index contributed by atoms with van der Waals surface area (Å²) < 4.78 is 5.01. The maximum absolute atomic E-state index is 6.38. The second kappa shape index (κ2) is 5.53. The standard InChI is InChI=1S/C13H14ClN3OS/c14-11-5-8(13-16-12(6-15)18-17-13)1-2-10(11)9-3-4-19-7-9/h1-2,5,9H,3-4,6-7,15H2. The van der Waals surface area contributed by atoms with Crippen molar-refractivity contribution in [3.8, 4) is 11.4 Å². The van der Waals surface area contributed by atoms with Crippen LogP contribution in [0.15, 0.2) is 22.7 Å². The van der Waals surface area contributed by atoms with Crippen molar-refractivity contribution < 1.29 is 4.52 Å². The normalized spacial score (nSPS) is 18.9. The van der Waals surface area contributed by atoms with Crippen LogP contribution in [0.3, 0.4) is 0 Å². The molecule has 1 aliphatic heterocycles. The molecule has 1 atom stereocenters. The van der Waals surface area contributed by atoms with E-state index in [0.29, 0.717) is 17.6 Å². The van der Waals surface area contributed by atoms with Crippen LogP contribution in [0.5, 0.6) is 0 Å². The molecule has 2 aromatic rings. The van der Waals surface area contributed by atoms with E-state index < -0.39 is 0 Å². The zero-order chi connectivity index (χ0) is 13.2. The highest BCUT2D eigenvalue weighted by atomic mass is 35.5. The lowest BCUT2D eigenvalue weighted by Crippen LogP contribution is -1.98. The van der Waals surface area contributed by atoms with Crippen molar-refractivity contribution in [1.29, 1.82) is 0 Å². The number of nitrogens with zero attached hydrogens (tertiary/aromatic N) is 2. The van der Waals surface area contributed by atoms with E-state index in [-0.39, 0.29) is 6.54 Å². The molecule has 1 aromatic heterocycles. The van der Waals surface area contributed by atoms with Crippen LogP contribution in [0, 0.1) is 0 Å². The molecule has 2 N–H and O–H groups in total. The van der Waals surface area contributed by atoms with Gasteiger partial charge in [-0.1, -0.05) is 28.9 Å². The van der Waals surface area contributed by atoms with Crippen LogP contribution >= 0.6 is 23.4 Å². The van der Waals surface area contributed by atoms with Gasteiger partial charge in [-0.05, 0) is 29.7 Å².